The van der Waals surface area contributed by atoms with Crippen molar-refractivity contribution >= 4 is 68.2 Å². The highest BCUT2D eigenvalue weighted by Crippen LogP contribution is 2.22. The maximum Gasteiger partial charge on any atom is 0.206 e. The molecule has 0 spiro atoms. The Morgan fingerprint density at radius 3 is 2.22 bits per heavy atom. The van der Waals surface area contributed by atoms with Crippen molar-refractivity contribution in [3.63, 3.8) is 0 Å². The molecule has 0 bridgehead atoms. The lowest BCUT2D eigenvalue weighted by Gasteiger charge is -1.91. The average molecular weight is 391 g/mol. The highest BCUT2D eigenvalue weighted by Gasteiger charge is 2.09. The van der Waals surface area contributed by atoms with Gasteiger partial charge in [0.1, 0.15) is 31.5 Å². The maximum absolute atomic E-state index is 5.85. The lowest BCUT2D eigenvalue weighted by atomic mass is 10.3. The Bertz CT molecular complexity index is 993. The number of nitrogens with zero attached hydrogens (tertiary/aromatic N) is 4. The summed E-state index contributed by atoms with van der Waals surface area (Å²) in [4.78, 5) is 7.76. The highest BCUT2D eigenvalue weighted by atomic mass is 35.5. The normalized spacial score (nSPS) is 10.8. The summed E-state index contributed by atoms with van der Waals surface area (Å²) in [5.74, 6) is 0. The third-order valence-electron chi connectivity index (χ3n) is 2.96. The molecule has 0 saturated carbocycles. The van der Waals surface area contributed by atoms with E-state index in [-0.39, 0.29) is 0 Å². The molecule has 0 unspecified atom stereocenters. The van der Waals surface area contributed by atoms with E-state index in [0.717, 1.165) is 21.8 Å². The van der Waals surface area contributed by atoms with Crippen molar-refractivity contribution in [2.45, 2.75) is 0 Å². The Labute approximate surface area is 150 Å². The SMILES string of the molecule is C[n+]1cc2c(Cl)nc(Cl)cc2[nH]1.Clc1cc2[nH]ncc2c(Cl)n1. The molecule has 0 amide bonds. The summed E-state index contributed by atoms with van der Waals surface area (Å²) in [5.41, 5.74) is 1.69. The van der Waals surface area contributed by atoms with E-state index in [2.05, 4.69) is 25.3 Å². The van der Waals surface area contributed by atoms with Gasteiger partial charge in [-0.1, -0.05) is 46.4 Å². The largest absolute Gasteiger partial charge is 0.278 e. The van der Waals surface area contributed by atoms with E-state index >= 15 is 0 Å². The van der Waals surface area contributed by atoms with E-state index in [0.29, 0.717) is 20.6 Å². The van der Waals surface area contributed by atoms with Crippen molar-refractivity contribution in [3.8, 4) is 0 Å². The van der Waals surface area contributed by atoms with Crippen LogP contribution in [0.1, 0.15) is 0 Å². The summed E-state index contributed by atoms with van der Waals surface area (Å²) in [5, 5.41) is 12.8. The second-order valence-electron chi connectivity index (χ2n) is 4.62. The molecule has 2 N–H and O–H groups in total. The first kappa shape index (κ1) is 16.3. The van der Waals surface area contributed by atoms with Crippen molar-refractivity contribution < 1.29 is 4.68 Å². The van der Waals surface area contributed by atoms with E-state index in [4.69, 9.17) is 46.4 Å². The van der Waals surface area contributed by atoms with Crippen LogP contribution < -0.4 is 4.68 Å². The van der Waals surface area contributed by atoms with Crippen LogP contribution in [0.15, 0.2) is 24.5 Å². The van der Waals surface area contributed by atoms with Gasteiger partial charge in [0.2, 0.25) is 6.20 Å². The molecule has 0 aliphatic heterocycles. The van der Waals surface area contributed by atoms with Gasteiger partial charge in [-0.25, -0.2) is 9.97 Å². The smallest absolute Gasteiger partial charge is 0.206 e. The van der Waals surface area contributed by atoms with E-state index < -0.39 is 0 Å². The molecule has 0 atom stereocenters. The predicted octanol–water partition coefficient (Wildman–Crippen LogP) is 3.96. The van der Waals surface area contributed by atoms with Gasteiger partial charge in [0.05, 0.1) is 17.1 Å². The number of H-pyrrole nitrogens is 2. The fraction of sp³-hybridized carbons (Fsp3) is 0.0769. The van der Waals surface area contributed by atoms with Crippen LogP contribution in [0.3, 0.4) is 0 Å². The van der Waals surface area contributed by atoms with Crippen LogP contribution in [0.5, 0.6) is 0 Å². The van der Waals surface area contributed by atoms with Crippen molar-refractivity contribution in [2.24, 2.45) is 7.05 Å². The zero-order valence-electron chi connectivity index (χ0n) is 11.6. The Kier molecular flexibility index (Phi) is 4.59. The van der Waals surface area contributed by atoms with Gasteiger partial charge in [-0.2, -0.15) is 10.2 Å². The number of pyridine rings is 2. The molecule has 0 fully saturated rings. The van der Waals surface area contributed by atoms with E-state index in [1.165, 1.54) is 0 Å². The van der Waals surface area contributed by atoms with Crippen LogP contribution in [0.25, 0.3) is 21.8 Å². The van der Waals surface area contributed by atoms with E-state index in [1.54, 1.807) is 23.0 Å². The van der Waals surface area contributed by atoms with Crippen LogP contribution >= 0.6 is 46.4 Å². The summed E-state index contributed by atoms with van der Waals surface area (Å²) in [6.07, 6.45) is 3.47. The fourth-order valence-corrected chi connectivity index (χ4v) is 2.96. The third kappa shape index (κ3) is 3.50. The number of nitrogens with one attached hydrogen (secondary N) is 2. The molecule has 4 aromatic rings. The summed E-state index contributed by atoms with van der Waals surface area (Å²) in [7, 11) is 1.88. The van der Waals surface area contributed by atoms with Crippen molar-refractivity contribution in [3.05, 3.63) is 45.1 Å². The van der Waals surface area contributed by atoms with Gasteiger partial charge in [-0.3, -0.25) is 5.10 Å². The number of rotatable bonds is 0. The number of hydrogen-bond donors (Lipinski definition) is 2. The van der Waals surface area contributed by atoms with Gasteiger partial charge in [0.25, 0.3) is 0 Å². The zero-order chi connectivity index (χ0) is 16.6. The quantitative estimate of drug-likeness (QED) is 0.352. The van der Waals surface area contributed by atoms with Gasteiger partial charge < -0.3 is 0 Å². The zero-order valence-corrected chi connectivity index (χ0v) is 14.6. The molecule has 4 heterocycles. The molecular weight excluding hydrogens is 382 g/mol. The first-order valence-corrected chi connectivity index (χ1v) is 7.81. The Morgan fingerprint density at radius 2 is 1.52 bits per heavy atom. The maximum atomic E-state index is 5.85. The van der Waals surface area contributed by atoms with Crippen LogP contribution in [-0.2, 0) is 7.05 Å². The first-order chi connectivity index (χ1) is 10.9. The van der Waals surface area contributed by atoms with Gasteiger partial charge in [-0.15, -0.1) is 4.68 Å². The summed E-state index contributed by atoms with van der Waals surface area (Å²) in [6, 6.07) is 3.42. The highest BCUT2D eigenvalue weighted by molar-refractivity contribution is 6.36. The van der Waals surface area contributed by atoms with Crippen LogP contribution in [0.2, 0.25) is 20.6 Å². The lowest BCUT2D eigenvalue weighted by molar-refractivity contribution is -0.724. The number of aromatic nitrogens is 6. The lowest BCUT2D eigenvalue weighted by Crippen LogP contribution is -2.27. The standard InChI is InChI=1S/C7H5Cl2N3.C6H3Cl2N3/c1-12-3-4-5(11-12)2-6(8)10-7(4)9;7-5-1-4-3(2-9-11-4)6(8)10-5/h2-3H,1H3;1-2H,(H,9,11)/p+1. The fourth-order valence-electron chi connectivity index (χ4n) is 2.00. The molecular formula is C13H9Cl4N6+. The molecule has 6 nitrogen and oxygen atoms in total. The molecule has 10 heteroatoms. The minimum atomic E-state index is 0.367. The third-order valence-corrected chi connectivity index (χ3v) is 3.92. The molecule has 23 heavy (non-hydrogen) atoms. The van der Waals surface area contributed by atoms with Crippen LogP contribution in [-0.4, -0.2) is 25.3 Å². The number of halogens is 4. The number of aryl methyl sites for hydroxylation is 1. The number of hydrogen-bond acceptors (Lipinski definition) is 3. The van der Waals surface area contributed by atoms with E-state index in [1.807, 2.05) is 13.2 Å². The Balaban J connectivity index is 0.000000136. The minimum Gasteiger partial charge on any atom is -0.278 e. The average Bonchev–Trinajstić information content (AvgIpc) is 3.05. The molecule has 0 aliphatic rings. The second-order valence-corrected chi connectivity index (χ2v) is 6.11. The van der Waals surface area contributed by atoms with Crippen LogP contribution in [0, 0.1) is 0 Å². The predicted molar refractivity (Wildman–Crippen MR) is 91.2 cm³/mol. The van der Waals surface area contributed by atoms with Crippen molar-refractivity contribution in [2.75, 3.05) is 0 Å². The Morgan fingerprint density at radius 1 is 0.913 bits per heavy atom. The summed E-state index contributed by atoms with van der Waals surface area (Å²) < 4.78 is 1.80. The number of aromatic amines is 2. The topological polar surface area (TPSA) is 74.1 Å². The van der Waals surface area contributed by atoms with Gasteiger partial charge in [0, 0.05) is 12.1 Å². The molecule has 4 rings (SSSR count). The van der Waals surface area contributed by atoms with E-state index in [9.17, 15) is 0 Å². The summed E-state index contributed by atoms with van der Waals surface area (Å²) >= 11 is 22.9. The van der Waals surface area contributed by atoms with Gasteiger partial charge >= 0.3 is 0 Å². The van der Waals surface area contributed by atoms with Crippen molar-refractivity contribution in [1.29, 1.82) is 0 Å². The van der Waals surface area contributed by atoms with Crippen molar-refractivity contribution in [1.82, 2.24) is 25.3 Å². The molecule has 0 radical (unpaired) electrons. The molecule has 0 aromatic carbocycles. The monoisotopic (exact) mass is 389 g/mol. The van der Waals surface area contributed by atoms with Gasteiger partial charge in [-0.05, 0) is 0 Å². The van der Waals surface area contributed by atoms with Gasteiger partial charge in [0.15, 0.2) is 7.05 Å². The Hall–Kier alpha value is -1.60. The molecule has 0 aliphatic carbocycles. The molecule has 0 saturated heterocycles. The molecule has 4 aromatic heterocycles. The summed E-state index contributed by atoms with van der Waals surface area (Å²) in [6.45, 7) is 0. The minimum absolute atomic E-state index is 0.367. The molecule has 118 valence electrons. The number of fused-ring (bicyclic) bond motifs is 2. The second kappa shape index (κ2) is 6.49. The van der Waals surface area contributed by atoms with Crippen LogP contribution in [0.4, 0.5) is 0 Å². The first-order valence-electron chi connectivity index (χ1n) is 6.29.